The van der Waals surface area contributed by atoms with Crippen LogP contribution in [-0.4, -0.2) is 25.2 Å². The Kier molecular flexibility index (Phi) is 6.08. The molecular formula is C13H21FN2O. The molecular weight excluding hydrogens is 219 g/mol. The molecule has 0 saturated heterocycles. The van der Waals surface area contributed by atoms with Crippen molar-refractivity contribution >= 4 is 0 Å². The molecule has 2 unspecified atom stereocenters. The summed E-state index contributed by atoms with van der Waals surface area (Å²) in [7, 11) is 1.70. The van der Waals surface area contributed by atoms with E-state index in [1.165, 1.54) is 6.20 Å². The van der Waals surface area contributed by atoms with Gasteiger partial charge < -0.3 is 10.1 Å². The lowest BCUT2D eigenvalue weighted by atomic mass is 9.97. The highest BCUT2D eigenvalue weighted by Gasteiger charge is 2.15. The van der Waals surface area contributed by atoms with Gasteiger partial charge in [-0.05, 0) is 30.5 Å². The number of nitrogens with zero attached hydrogens (tertiary/aromatic N) is 1. The third-order valence-corrected chi connectivity index (χ3v) is 2.67. The Balaban J connectivity index is 2.71. The molecule has 4 heteroatoms. The summed E-state index contributed by atoms with van der Waals surface area (Å²) < 4.78 is 18.3. The number of ether oxygens (including phenoxy) is 1. The van der Waals surface area contributed by atoms with Gasteiger partial charge in [0.2, 0.25) is 0 Å². The zero-order chi connectivity index (χ0) is 12.7. The van der Waals surface area contributed by atoms with Crippen molar-refractivity contribution in [2.75, 3.05) is 20.3 Å². The molecule has 1 aromatic heterocycles. The van der Waals surface area contributed by atoms with Gasteiger partial charge in [-0.3, -0.25) is 4.98 Å². The maximum atomic E-state index is 13.1. The third-order valence-electron chi connectivity index (χ3n) is 2.67. The molecule has 0 fully saturated rings. The van der Waals surface area contributed by atoms with Crippen LogP contribution in [0.1, 0.15) is 31.9 Å². The summed E-state index contributed by atoms with van der Waals surface area (Å²) >= 11 is 0. The highest BCUT2D eigenvalue weighted by atomic mass is 19.1. The van der Waals surface area contributed by atoms with E-state index in [4.69, 9.17) is 4.74 Å². The van der Waals surface area contributed by atoms with E-state index in [2.05, 4.69) is 17.2 Å². The van der Waals surface area contributed by atoms with Crippen molar-refractivity contribution in [2.24, 2.45) is 5.92 Å². The Hall–Kier alpha value is -1.00. The molecule has 96 valence electrons. The Morgan fingerprint density at radius 3 is 2.82 bits per heavy atom. The molecule has 0 bridgehead atoms. The summed E-state index contributed by atoms with van der Waals surface area (Å²) in [4.78, 5) is 3.89. The van der Waals surface area contributed by atoms with E-state index >= 15 is 0 Å². The average Bonchev–Trinajstić information content (AvgIpc) is 2.29. The van der Waals surface area contributed by atoms with Crippen LogP contribution in [0, 0.1) is 11.7 Å². The lowest BCUT2D eigenvalue weighted by molar-refractivity contribution is 0.149. The molecule has 3 nitrogen and oxygen atoms in total. The van der Waals surface area contributed by atoms with Crippen LogP contribution in [0.15, 0.2) is 18.5 Å². The van der Waals surface area contributed by atoms with Gasteiger partial charge in [0, 0.05) is 26.0 Å². The lowest BCUT2D eigenvalue weighted by Crippen LogP contribution is -2.24. The second-order valence-corrected chi connectivity index (χ2v) is 4.34. The molecule has 0 aromatic carbocycles. The van der Waals surface area contributed by atoms with Gasteiger partial charge in [0.1, 0.15) is 5.82 Å². The second-order valence-electron chi connectivity index (χ2n) is 4.34. The number of nitrogens with one attached hydrogen (secondary N) is 1. The predicted octanol–water partition coefficient (Wildman–Crippen LogP) is 2.54. The van der Waals surface area contributed by atoms with Gasteiger partial charge >= 0.3 is 0 Å². The highest BCUT2D eigenvalue weighted by molar-refractivity contribution is 5.15. The van der Waals surface area contributed by atoms with Gasteiger partial charge in [-0.25, -0.2) is 4.39 Å². The molecule has 0 aliphatic carbocycles. The van der Waals surface area contributed by atoms with E-state index in [0.717, 1.165) is 18.5 Å². The first-order valence-electron chi connectivity index (χ1n) is 6.00. The topological polar surface area (TPSA) is 34.1 Å². The first-order valence-corrected chi connectivity index (χ1v) is 6.00. The molecule has 1 N–H and O–H groups in total. The fourth-order valence-electron chi connectivity index (χ4n) is 1.96. The standard InChI is InChI=1S/C13H21FN2O/c1-4-16-13(5-10(2)9-17-3)11-6-12(14)8-15-7-11/h6-8,10,13,16H,4-5,9H2,1-3H3. The number of hydrogen-bond donors (Lipinski definition) is 1. The first kappa shape index (κ1) is 14.1. The fourth-order valence-corrected chi connectivity index (χ4v) is 1.96. The minimum atomic E-state index is -0.287. The van der Waals surface area contributed by atoms with Crippen LogP contribution in [-0.2, 0) is 4.74 Å². The smallest absolute Gasteiger partial charge is 0.141 e. The van der Waals surface area contributed by atoms with Gasteiger partial charge in [0.25, 0.3) is 0 Å². The zero-order valence-electron chi connectivity index (χ0n) is 10.7. The SMILES string of the molecule is CCNC(CC(C)COC)c1cncc(F)c1. The van der Waals surface area contributed by atoms with E-state index in [-0.39, 0.29) is 11.9 Å². The number of methoxy groups -OCH3 is 1. The van der Waals surface area contributed by atoms with Crippen LogP contribution in [0.25, 0.3) is 0 Å². The third kappa shape index (κ3) is 4.79. The molecule has 17 heavy (non-hydrogen) atoms. The van der Waals surface area contributed by atoms with Gasteiger partial charge in [0.05, 0.1) is 6.20 Å². The summed E-state index contributed by atoms with van der Waals surface area (Å²) in [6.07, 6.45) is 3.85. The minimum absolute atomic E-state index is 0.133. The number of rotatable bonds is 7. The van der Waals surface area contributed by atoms with Crippen LogP contribution < -0.4 is 5.32 Å². The van der Waals surface area contributed by atoms with Crippen molar-refractivity contribution in [3.63, 3.8) is 0 Å². The number of aromatic nitrogens is 1. The molecule has 1 rings (SSSR count). The van der Waals surface area contributed by atoms with E-state index in [1.807, 2.05) is 6.92 Å². The molecule has 0 radical (unpaired) electrons. The number of pyridine rings is 1. The molecule has 0 saturated carbocycles. The molecule has 0 spiro atoms. The van der Waals surface area contributed by atoms with Crippen LogP contribution >= 0.6 is 0 Å². The Morgan fingerprint density at radius 1 is 1.47 bits per heavy atom. The van der Waals surface area contributed by atoms with Crippen molar-refractivity contribution in [3.8, 4) is 0 Å². The van der Waals surface area contributed by atoms with Crippen molar-refractivity contribution < 1.29 is 9.13 Å². The largest absolute Gasteiger partial charge is 0.384 e. The number of halogens is 1. The van der Waals surface area contributed by atoms with Gasteiger partial charge in [-0.2, -0.15) is 0 Å². The summed E-state index contributed by atoms with van der Waals surface area (Å²) in [5.74, 6) is 0.136. The van der Waals surface area contributed by atoms with Crippen LogP contribution in [0.3, 0.4) is 0 Å². The van der Waals surface area contributed by atoms with E-state index in [9.17, 15) is 4.39 Å². The van der Waals surface area contributed by atoms with Crippen molar-refractivity contribution in [3.05, 3.63) is 29.8 Å². The average molecular weight is 240 g/mol. The van der Waals surface area contributed by atoms with Crippen LogP contribution in [0.4, 0.5) is 4.39 Å². The highest BCUT2D eigenvalue weighted by Crippen LogP contribution is 2.21. The minimum Gasteiger partial charge on any atom is -0.384 e. The molecule has 1 aromatic rings. The maximum absolute atomic E-state index is 13.1. The maximum Gasteiger partial charge on any atom is 0.141 e. The van der Waals surface area contributed by atoms with Gasteiger partial charge in [-0.15, -0.1) is 0 Å². The quantitative estimate of drug-likeness (QED) is 0.795. The Bertz CT molecular complexity index is 333. The summed E-state index contributed by atoms with van der Waals surface area (Å²) in [5, 5.41) is 3.35. The lowest BCUT2D eigenvalue weighted by Gasteiger charge is -2.21. The van der Waals surface area contributed by atoms with Crippen LogP contribution in [0.5, 0.6) is 0 Å². The molecule has 2 atom stereocenters. The summed E-state index contributed by atoms with van der Waals surface area (Å²) in [6, 6.07) is 1.67. The molecule has 0 aliphatic rings. The zero-order valence-corrected chi connectivity index (χ0v) is 10.7. The van der Waals surface area contributed by atoms with Gasteiger partial charge in [-0.1, -0.05) is 13.8 Å². The molecule has 1 heterocycles. The van der Waals surface area contributed by atoms with E-state index in [0.29, 0.717) is 12.5 Å². The Labute approximate surface area is 102 Å². The Morgan fingerprint density at radius 2 is 2.24 bits per heavy atom. The van der Waals surface area contributed by atoms with Crippen molar-refractivity contribution in [1.29, 1.82) is 0 Å². The van der Waals surface area contributed by atoms with E-state index < -0.39 is 0 Å². The summed E-state index contributed by atoms with van der Waals surface area (Å²) in [5.41, 5.74) is 0.898. The van der Waals surface area contributed by atoms with Crippen LogP contribution in [0.2, 0.25) is 0 Å². The predicted molar refractivity (Wildman–Crippen MR) is 66.3 cm³/mol. The number of hydrogen-bond acceptors (Lipinski definition) is 3. The first-order chi connectivity index (χ1) is 8.17. The normalized spacial score (nSPS) is 14.6. The van der Waals surface area contributed by atoms with E-state index in [1.54, 1.807) is 19.4 Å². The van der Waals surface area contributed by atoms with Gasteiger partial charge in [0.15, 0.2) is 0 Å². The van der Waals surface area contributed by atoms with Crippen molar-refractivity contribution in [2.45, 2.75) is 26.3 Å². The monoisotopic (exact) mass is 240 g/mol. The molecule has 0 aliphatic heterocycles. The fraction of sp³-hybridized carbons (Fsp3) is 0.615. The van der Waals surface area contributed by atoms with Crippen molar-refractivity contribution in [1.82, 2.24) is 10.3 Å². The molecule has 0 amide bonds. The second kappa shape index (κ2) is 7.35. The summed E-state index contributed by atoms with van der Waals surface area (Å²) in [6.45, 7) is 5.73.